The van der Waals surface area contributed by atoms with E-state index in [-0.39, 0.29) is 24.1 Å². The zero-order chi connectivity index (χ0) is 21.9. The van der Waals surface area contributed by atoms with Crippen molar-refractivity contribution in [2.45, 2.75) is 31.0 Å². The van der Waals surface area contributed by atoms with E-state index in [1.54, 1.807) is 4.90 Å². The Bertz CT molecular complexity index is 856. The normalized spacial score (nSPS) is 19.5. The molecule has 1 aromatic heterocycles. The fraction of sp³-hybridized carbons (Fsp3) is 0.400. The molecule has 2 atom stereocenters. The van der Waals surface area contributed by atoms with E-state index in [9.17, 15) is 26.7 Å². The second-order valence-electron chi connectivity index (χ2n) is 7.00. The summed E-state index contributed by atoms with van der Waals surface area (Å²) in [5, 5.41) is 9.01. The Hall–Kier alpha value is -2.75. The molecule has 3 rings (SSSR count). The number of nitrogens with zero attached hydrogens (tertiary/aromatic N) is 2. The van der Waals surface area contributed by atoms with Crippen molar-refractivity contribution in [3.8, 4) is 0 Å². The Balaban J connectivity index is 1.79. The number of carbonyl (C=O) groups is 1. The van der Waals surface area contributed by atoms with E-state index in [0.717, 1.165) is 12.1 Å². The highest BCUT2D eigenvalue weighted by Crippen LogP contribution is 2.36. The van der Waals surface area contributed by atoms with E-state index in [1.165, 1.54) is 30.5 Å². The molecule has 2 heterocycles. The molecule has 0 amide bonds. The molecule has 1 N–H and O–H groups in total. The average molecular weight is 430 g/mol. The van der Waals surface area contributed by atoms with Gasteiger partial charge in [0.05, 0.1) is 23.8 Å². The highest BCUT2D eigenvalue weighted by atomic mass is 19.4. The first-order valence-corrected chi connectivity index (χ1v) is 9.14. The highest BCUT2D eigenvalue weighted by molar-refractivity contribution is 5.87. The number of halogens is 5. The van der Waals surface area contributed by atoms with E-state index >= 15 is 0 Å². The zero-order valence-corrected chi connectivity index (χ0v) is 15.6. The van der Waals surface area contributed by atoms with Gasteiger partial charge in [0, 0.05) is 18.7 Å². The quantitative estimate of drug-likeness (QED) is 0.658. The Morgan fingerprint density at radius 1 is 1.20 bits per heavy atom. The number of anilines is 1. The number of ether oxygens (including phenoxy) is 1. The van der Waals surface area contributed by atoms with Crippen molar-refractivity contribution in [3.63, 3.8) is 0 Å². The molecule has 0 saturated carbocycles. The summed E-state index contributed by atoms with van der Waals surface area (Å²) in [5.74, 6) is -0.844. The summed E-state index contributed by atoms with van der Waals surface area (Å²) < 4.78 is 68.3. The summed E-state index contributed by atoms with van der Waals surface area (Å²) in [6, 6.07) is 7.41. The number of aromatic carboxylic acids is 1. The van der Waals surface area contributed by atoms with Crippen LogP contribution in [0.5, 0.6) is 0 Å². The Labute approximate surface area is 169 Å². The Morgan fingerprint density at radius 3 is 2.43 bits per heavy atom. The van der Waals surface area contributed by atoms with Gasteiger partial charge in [-0.3, -0.25) is 0 Å². The second kappa shape index (κ2) is 8.95. The maximum absolute atomic E-state index is 12.8. The van der Waals surface area contributed by atoms with E-state index in [4.69, 9.17) is 9.84 Å². The van der Waals surface area contributed by atoms with Crippen LogP contribution in [-0.4, -0.2) is 48.3 Å². The van der Waals surface area contributed by atoms with Crippen molar-refractivity contribution >= 4 is 11.8 Å². The first-order valence-electron chi connectivity index (χ1n) is 9.14. The molecular weight excluding hydrogens is 411 g/mol. The molecule has 1 saturated heterocycles. The summed E-state index contributed by atoms with van der Waals surface area (Å²) in [6.07, 6.45) is -5.38. The van der Waals surface area contributed by atoms with Crippen molar-refractivity contribution < 1.29 is 36.6 Å². The van der Waals surface area contributed by atoms with Crippen LogP contribution in [0.25, 0.3) is 0 Å². The van der Waals surface area contributed by atoms with Gasteiger partial charge in [0.25, 0.3) is 6.43 Å². The van der Waals surface area contributed by atoms with E-state index in [0.29, 0.717) is 24.3 Å². The molecule has 1 aliphatic heterocycles. The van der Waals surface area contributed by atoms with Gasteiger partial charge in [-0.05, 0) is 36.2 Å². The van der Waals surface area contributed by atoms with Crippen molar-refractivity contribution in [1.82, 2.24) is 4.98 Å². The fourth-order valence-electron chi connectivity index (χ4n) is 3.52. The minimum absolute atomic E-state index is 0.00253. The fourth-order valence-corrected chi connectivity index (χ4v) is 3.52. The average Bonchev–Trinajstić information content (AvgIpc) is 3.11. The van der Waals surface area contributed by atoms with Crippen LogP contribution in [0.3, 0.4) is 0 Å². The standard InChI is InChI=1S/C20H19F5N2O3/c21-17(22)11-30-10-16-7-14(12-1-4-15(5-2-12)20(23,24)25)9-27(16)18-6-3-13(8-26-18)19(28)29/h1-6,8,14,16-17H,7,9-11H2,(H,28,29)/t14?,16-/m0/s1. The molecule has 1 unspecified atom stereocenters. The molecular formula is C20H19F5N2O3. The molecule has 30 heavy (non-hydrogen) atoms. The van der Waals surface area contributed by atoms with Gasteiger partial charge in [-0.15, -0.1) is 0 Å². The molecule has 0 aliphatic carbocycles. The number of pyridine rings is 1. The number of rotatable bonds is 7. The van der Waals surface area contributed by atoms with E-state index < -0.39 is 30.7 Å². The molecule has 10 heteroatoms. The zero-order valence-electron chi connectivity index (χ0n) is 15.6. The third-order valence-corrected chi connectivity index (χ3v) is 4.97. The van der Waals surface area contributed by atoms with Crippen molar-refractivity contribution in [3.05, 3.63) is 59.3 Å². The minimum atomic E-state index is -4.43. The lowest BCUT2D eigenvalue weighted by Crippen LogP contribution is -2.34. The molecule has 1 fully saturated rings. The smallest absolute Gasteiger partial charge is 0.416 e. The molecule has 1 aliphatic rings. The molecule has 5 nitrogen and oxygen atoms in total. The van der Waals surface area contributed by atoms with E-state index in [2.05, 4.69) is 4.98 Å². The number of hydrogen-bond donors (Lipinski definition) is 1. The van der Waals surface area contributed by atoms with Crippen LogP contribution in [0, 0.1) is 0 Å². The summed E-state index contributed by atoms with van der Waals surface area (Å²) in [6.45, 7) is -0.349. The summed E-state index contributed by atoms with van der Waals surface area (Å²) in [7, 11) is 0. The van der Waals surface area contributed by atoms with Gasteiger partial charge < -0.3 is 14.7 Å². The van der Waals surface area contributed by atoms with E-state index in [1.807, 2.05) is 0 Å². The molecule has 2 aromatic rings. The largest absolute Gasteiger partial charge is 0.478 e. The number of carboxylic acid groups (broad SMARTS) is 1. The first-order chi connectivity index (χ1) is 14.1. The number of aromatic nitrogens is 1. The lowest BCUT2D eigenvalue weighted by Gasteiger charge is -2.25. The lowest BCUT2D eigenvalue weighted by molar-refractivity contribution is -0.137. The summed E-state index contributed by atoms with van der Waals surface area (Å²) in [4.78, 5) is 17.0. The summed E-state index contributed by atoms with van der Waals surface area (Å²) in [5.41, 5.74) is -0.0573. The van der Waals surface area contributed by atoms with Crippen molar-refractivity contribution in [2.75, 3.05) is 24.7 Å². The van der Waals surface area contributed by atoms with Crippen LogP contribution in [-0.2, 0) is 10.9 Å². The van der Waals surface area contributed by atoms with Crippen LogP contribution in [0.2, 0.25) is 0 Å². The maximum Gasteiger partial charge on any atom is 0.416 e. The van der Waals surface area contributed by atoms with Crippen LogP contribution in [0.4, 0.5) is 27.8 Å². The number of carboxylic acids is 1. The number of benzene rings is 1. The minimum Gasteiger partial charge on any atom is -0.478 e. The van der Waals surface area contributed by atoms with Crippen molar-refractivity contribution in [2.24, 2.45) is 0 Å². The molecule has 0 radical (unpaired) electrons. The van der Waals surface area contributed by atoms with Gasteiger partial charge in [0.1, 0.15) is 12.4 Å². The molecule has 162 valence electrons. The third-order valence-electron chi connectivity index (χ3n) is 4.97. The maximum atomic E-state index is 12.8. The number of hydrogen-bond acceptors (Lipinski definition) is 4. The van der Waals surface area contributed by atoms with Crippen LogP contribution >= 0.6 is 0 Å². The van der Waals surface area contributed by atoms with Gasteiger partial charge in [-0.25, -0.2) is 18.6 Å². The predicted molar refractivity (Wildman–Crippen MR) is 98.0 cm³/mol. The van der Waals surface area contributed by atoms with Gasteiger partial charge in [0.2, 0.25) is 0 Å². The Morgan fingerprint density at radius 2 is 1.90 bits per heavy atom. The topological polar surface area (TPSA) is 62.7 Å². The van der Waals surface area contributed by atoms with Crippen LogP contribution < -0.4 is 4.90 Å². The highest BCUT2D eigenvalue weighted by Gasteiger charge is 2.35. The van der Waals surface area contributed by atoms with Gasteiger partial charge in [-0.2, -0.15) is 13.2 Å². The van der Waals surface area contributed by atoms with Crippen LogP contribution in [0.1, 0.15) is 33.8 Å². The summed E-state index contributed by atoms with van der Waals surface area (Å²) >= 11 is 0. The molecule has 1 aromatic carbocycles. The third kappa shape index (κ3) is 5.24. The molecule has 0 bridgehead atoms. The second-order valence-corrected chi connectivity index (χ2v) is 7.00. The SMILES string of the molecule is O=C(O)c1ccc(N2CC(c3ccc(C(F)(F)F)cc3)C[C@H]2COCC(F)F)nc1. The van der Waals surface area contributed by atoms with Gasteiger partial charge in [0.15, 0.2) is 0 Å². The predicted octanol–water partition coefficient (Wildman–Crippen LogP) is 4.44. The first kappa shape index (κ1) is 21.9. The number of alkyl halides is 5. The van der Waals surface area contributed by atoms with Crippen LogP contribution in [0.15, 0.2) is 42.6 Å². The Kier molecular flexibility index (Phi) is 6.55. The van der Waals surface area contributed by atoms with Gasteiger partial charge >= 0.3 is 12.1 Å². The molecule has 0 spiro atoms. The van der Waals surface area contributed by atoms with Gasteiger partial charge in [-0.1, -0.05) is 12.1 Å². The monoisotopic (exact) mass is 430 g/mol. The van der Waals surface area contributed by atoms with Crippen molar-refractivity contribution in [1.29, 1.82) is 0 Å². The lowest BCUT2D eigenvalue weighted by atomic mass is 9.95.